The van der Waals surface area contributed by atoms with Crippen LogP contribution >= 0.6 is 0 Å². The van der Waals surface area contributed by atoms with Gasteiger partial charge >= 0.3 is 5.97 Å². The maximum absolute atomic E-state index is 11.3. The van der Waals surface area contributed by atoms with Crippen LogP contribution in [0.2, 0.25) is 0 Å². The fourth-order valence-electron chi connectivity index (χ4n) is 1.91. The number of pyridine rings is 1. The average Bonchev–Trinajstić information content (AvgIpc) is 2.46. The van der Waals surface area contributed by atoms with E-state index >= 15 is 0 Å². The molecule has 2 rings (SSSR count). The van der Waals surface area contributed by atoms with Gasteiger partial charge in [0.1, 0.15) is 11.4 Å². The van der Waals surface area contributed by atoms with Gasteiger partial charge in [-0.25, -0.2) is 9.78 Å². The maximum atomic E-state index is 11.3. The number of hydrogen-bond donors (Lipinski definition) is 2. The van der Waals surface area contributed by atoms with Gasteiger partial charge < -0.3 is 10.4 Å². The minimum atomic E-state index is -1.11. The normalized spacial score (nSPS) is 13.4. The average molecular weight is 269 g/mol. The van der Waals surface area contributed by atoms with Gasteiger partial charge in [0.2, 0.25) is 0 Å². The number of carbonyl (C=O) groups is 1. The van der Waals surface area contributed by atoms with Crippen LogP contribution < -0.4 is 5.32 Å². The predicted molar refractivity (Wildman–Crippen MR) is 76.4 cm³/mol. The number of anilines is 1. The van der Waals surface area contributed by atoms with E-state index in [-0.39, 0.29) is 0 Å². The van der Waals surface area contributed by atoms with Gasteiger partial charge in [-0.1, -0.05) is 25.1 Å². The SMILES string of the molecule is CCC(C)(Nc1cc(C#N)c2ccccc2n1)C(=O)O. The third-order valence-electron chi connectivity index (χ3n) is 3.42. The Balaban J connectivity index is 2.51. The Kier molecular flexibility index (Phi) is 3.57. The predicted octanol–water partition coefficient (Wildman–Crippen LogP) is 2.77. The van der Waals surface area contributed by atoms with Gasteiger partial charge in [-0.2, -0.15) is 5.26 Å². The van der Waals surface area contributed by atoms with Gasteiger partial charge in [-0.3, -0.25) is 0 Å². The monoisotopic (exact) mass is 269 g/mol. The fourth-order valence-corrected chi connectivity index (χ4v) is 1.91. The smallest absolute Gasteiger partial charge is 0.329 e. The summed E-state index contributed by atoms with van der Waals surface area (Å²) in [4.78, 5) is 15.7. The van der Waals surface area contributed by atoms with Crippen LogP contribution in [0.5, 0.6) is 0 Å². The third kappa shape index (κ3) is 2.41. The molecule has 0 fully saturated rings. The third-order valence-corrected chi connectivity index (χ3v) is 3.42. The number of aliphatic carboxylic acids is 1. The molecule has 1 aromatic carbocycles. The van der Waals surface area contributed by atoms with E-state index in [0.29, 0.717) is 23.3 Å². The van der Waals surface area contributed by atoms with Crippen LogP contribution in [0.4, 0.5) is 5.82 Å². The van der Waals surface area contributed by atoms with E-state index in [1.165, 1.54) is 0 Å². The molecule has 0 radical (unpaired) electrons. The summed E-state index contributed by atoms with van der Waals surface area (Å²) in [5.74, 6) is -0.555. The first-order valence-electron chi connectivity index (χ1n) is 6.31. The number of aromatic nitrogens is 1. The molecule has 1 heterocycles. The van der Waals surface area contributed by atoms with Crippen LogP contribution in [0.15, 0.2) is 30.3 Å². The van der Waals surface area contributed by atoms with Gasteiger partial charge in [0, 0.05) is 5.39 Å². The summed E-state index contributed by atoms with van der Waals surface area (Å²) in [5.41, 5.74) is 0.0298. The molecule has 5 heteroatoms. The second-order valence-electron chi connectivity index (χ2n) is 4.80. The van der Waals surface area contributed by atoms with Crippen molar-refractivity contribution in [2.24, 2.45) is 0 Å². The Bertz CT molecular complexity index is 706. The lowest BCUT2D eigenvalue weighted by atomic mass is 9.99. The molecule has 0 aliphatic rings. The van der Waals surface area contributed by atoms with Crippen molar-refractivity contribution < 1.29 is 9.90 Å². The maximum Gasteiger partial charge on any atom is 0.329 e. The van der Waals surface area contributed by atoms with Crippen LogP contribution in [0.25, 0.3) is 10.9 Å². The molecular weight excluding hydrogens is 254 g/mol. The minimum absolute atomic E-state index is 0.395. The van der Waals surface area contributed by atoms with Gasteiger partial charge in [0.05, 0.1) is 17.1 Å². The van der Waals surface area contributed by atoms with Crippen molar-refractivity contribution in [2.75, 3.05) is 5.32 Å². The van der Waals surface area contributed by atoms with Gasteiger partial charge in [-0.05, 0) is 25.5 Å². The number of rotatable bonds is 4. The van der Waals surface area contributed by atoms with E-state index < -0.39 is 11.5 Å². The van der Waals surface area contributed by atoms with E-state index in [9.17, 15) is 15.2 Å². The van der Waals surface area contributed by atoms with Gasteiger partial charge in [-0.15, -0.1) is 0 Å². The second-order valence-corrected chi connectivity index (χ2v) is 4.80. The van der Waals surface area contributed by atoms with E-state index in [0.717, 1.165) is 5.39 Å². The number of carboxylic acids is 1. The molecule has 20 heavy (non-hydrogen) atoms. The van der Waals surface area contributed by atoms with Crippen molar-refractivity contribution >= 4 is 22.7 Å². The molecule has 1 unspecified atom stereocenters. The number of fused-ring (bicyclic) bond motifs is 1. The number of nitrogens with zero attached hydrogens (tertiary/aromatic N) is 2. The molecule has 102 valence electrons. The summed E-state index contributed by atoms with van der Waals surface area (Å²) >= 11 is 0. The first-order chi connectivity index (χ1) is 9.50. The molecular formula is C15H15N3O2. The largest absolute Gasteiger partial charge is 0.480 e. The van der Waals surface area contributed by atoms with Crippen molar-refractivity contribution in [3.05, 3.63) is 35.9 Å². The van der Waals surface area contributed by atoms with Crippen LogP contribution in [-0.2, 0) is 4.79 Å². The number of carboxylic acid groups (broad SMARTS) is 1. The summed E-state index contributed by atoms with van der Waals surface area (Å²) in [6, 6.07) is 11.0. The number of para-hydroxylation sites is 1. The molecule has 0 aliphatic carbocycles. The highest BCUT2D eigenvalue weighted by molar-refractivity contribution is 5.87. The van der Waals surface area contributed by atoms with E-state index in [2.05, 4.69) is 16.4 Å². The Hall–Kier alpha value is -2.61. The molecule has 2 N–H and O–H groups in total. The standard InChI is InChI=1S/C15H15N3O2/c1-3-15(2,14(19)20)18-13-8-10(9-16)11-6-4-5-7-12(11)17-13/h4-8H,3H2,1-2H3,(H,17,18)(H,19,20). The number of benzene rings is 1. The zero-order chi connectivity index (χ0) is 14.8. The molecule has 1 aromatic heterocycles. The summed E-state index contributed by atoms with van der Waals surface area (Å²) < 4.78 is 0. The molecule has 5 nitrogen and oxygen atoms in total. The summed E-state index contributed by atoms with van der Waals surface area (Å²) in [6.45, 7) is 3.38. The highest BCUT2D eigenvalue weighted by Crippen LogP contribution is 2.23. The Morgan fingerprint density at radius 1 is 1.50 bits per heavy atom. The van der Waals surface area contributed by atoms with E-state index in [1.54, 1.807) is 26.0 Å². The fraction of sp³-hybridized carbons (Fsp3) is 0.267. The molecule has 1 atom stereocenters. The second kappa shape index (κ2) is 5.17. The lowest BCUT2D eigenvalue weighted by Gasteiger charge is -2.25. The Morgan fingerprint density at radius 3 is 2.80 bits per heavy atom. The minimum Gasteiger partial charge on any atom is -0.480 e. The quantitative estimate of drug-likeness (QED) is 0.891. The zero-order valence-corrected chi connectivity index (χ0v) is 11.3. The van der Waals surface area contributed by atoms with Crippen molar-refractivity contribution in [2.45, 2.75) is 25.8 Å². The number of nitriles is 1. The lowest BCUT2D eigenvalue weighted by molar-refractivity contribution is -0.141. The lowest BCUT2D eigenvalue weighted by Crippen LogP contribution is -2.42. The van der Waals surface area contributed by atoms with Crippen LogP contribution in [0, 0.1) is 11.3 Å². The zero-order valence-electron chi connectivity index (χ0n) is 11.3. The van der Waals surface area contributed by atoms with Crippen LogP contribution in [-0.4, -0.2) is 21.6 Å². The summed E-state index contributed by atoms with van der Waals surface area (Å²) in [7, 11) is 0. The van der Waals surface area contributed by atoms with Gasteiger partial charge in [0.25, 0.3) is 0 Å². The number of nitrogens with one attached hydrogen (secondary N) is 1. The first-order valence-corrected chi connectivity index (χ1v) is 6.31. The topological polar surface area (TPSA) is 86.0 Å². The van der Waals surface area contributed by atoms with E-state index in [1.807, 2.05) is 18.2 Å². The van der Waals surface area contributed by atoms with Crippen molar-refractivity contribution in [3.8, 4) is 6.07 Å². The number of hydrogen-bond acceptors (Lipinski definition) is 4. The molecule has 2 aromatic rings. The van der Waals surface area contributed by atoms with E-state index in [4.69, 9.17) is 0 Å². The highest BCUT2D eigenvalue weighted by atomic mass is 16.4. The van der Waals surface area contributed by atoms with Crippen LogP contribution in [0.1, 0.15) is 25.8 Å². The molecule has 0 saturated carbocycles. The van der Waals surface area contributed by atoms with Crippen molar-refractivity contribution in [1.29, 1.82) is 5.26 Å². The highest BCUT2D eigenvalue weighted by Gasteiger charge is 2.31. The summed E-state index contributed by atoms with van der Waals surface area (Å²) in [5, 5.41) is 22.1. The molecule has 0 bridgehead atoms. The first kappa shape index (κ1) is 13.8. The van der Waals surface area contributed by atoms with Crippen LogP contribution in [0.3, 0.4) is 0 Å². The Morgan fingerprint density at radius 2 is 2.20 bits per heavy atom. The van der Waals surface area contributed by atoms with Crippen molar-refractivity contribution in [1.82, 2.24) is 4.98 Å². The van der Waals surface area contributed by atoms with Crippen molar-refractivity contribution in [3.63, 3.8) is 0 Å². The molecule has 0 spiro atoms. The molecule has 0 amide bonds. The molecule has 0 saturated heterocycles. The Labute approximate surface area is 116 Å². The van der Waals surface area contributed by atoms with Gasteiger partial charge in [0.15, 0.2) is 0 Å². The molecule has 0 aliphatic heterocycles. The summed E-state index contributed by atoms with van der Waals surface area (Å²) in [6.07, 6.45) is 0.402.